The van der Waals surface area contributed by atoms with Crippen LogP contribution in [0.3, 0.4) is 0 Å². The number of nitrogens with one attached hydrogen (secondary N) is 1. The Hall–Kier alpha value is -2.80. The van der Waals surface area contributed by atoms with E-state index in [0.717, 1.165) is 0 Å². The van der Waals surface area contributed by atoms with Crippen molar-refractivity contribution in [2.45, 2.75) is 0 Å². The van der Waals surface area contributed by atoms with Crippen molar-refractivity contribution in [1.82, 2.24) is 4.98 Å². The molecule has 0 saturated carbocycles. The molecule has 100 valence electrons. The van der Waals surface area contributed by atoms with Crippen LogP contribution in [-0.4, -0.2) is 4.98 Å². The number of fused-ring (bicyclic) bond motifs is 1. The summed E-state index contributed by atoms with van der Waals surface area (Å²) < 4.78 is 0. The van der Waals surface area contributed by atoms with Gasteiger partial charge in [-0.25, -0.2) is 0 Å². The highest BCUT2D eigenvalue weighted by atomic mass is 14.7. The third-order valence-electron chi connectivity index (χ3n) is 3.87. The van der Waals surface area contributed by atoms with Gasteiger partial charge >= 0.3 is 0 Å². The summed E-state index contributed by atoms with van der Waals surface area (Å²) in [6.07, 6.45) is 2.09. The monoisotopic (exact) mass is 269 g/mol. The number of H-pyrrole nitrogens is 1. The standard InChI is InChI=1S/C20H15N/c1-3-7-15(8-4-1)17-11-12-20-18(13-17)19(14-21-20)16-9-5-2-6-10-16/h1-14,21H. The van der Waals surface area contributed by atoms with Gasteiger partial charge in [-0.2, -0.15) is 0 Å². The summed E-state index contributed by atoms with van der Waals surface area (Å²) in [6.45, 7) is 0. The molecule has 0 fully saturated rings. The molecular formula is C20H15N. The van der Waals surface area contributed by atoms with Crippen LogP contribution >= 0.6 is 0 Å². The minimum Gasteiger partial charge on any atom is -0.361 e. The first kappa shape index (κ1) is 12.0. The van der Waals surface area contributed by atoms with Crippen LogP contribution in [0.2, 0.25) is 0 Å². The predicted molar refractivity (Wildman–Crippen MR) is 89.2 cm³/mol. The van der Waals surface area contributed by atoms with Gasteiger partial charge in [-0.15, -0.1) is 0 Å². The van der Waals surface area contributed by atoms with Crippen LogP contribution in [-0.2, 0) is 0 Å². The first-order valence-corrected chi connectivity index (χ1v) is 7.14. The fourth-order valence-electron chi connectivity index (χ4n) is 2.79. The maximum atomic E-state index is 3.37. The van der Waals surface area contributed by atoms with Crippen molar-refractivity contribution in [2.75, 3.05) is 0 Å². The number of hydrogen-bond acceptors (Lipinski definition) is 0. The van der Waals surface area contributed by atoms with E-state index >= 15 is 0 Å². The lowest BCUT2D eigenvalue weighted by Crippen LogP contribution is -1.78. The normalized spacial score (nSPS) is 10.9. The van der Waals surface area contributed by atoms with Crippen molar-refractivity contribution < 1.29 is 0 Å². The van der Waals surface area contributed by atoms with Gasteiger partial charge in [0, 0.05) is 22.7 Å². The molecule has 0 aliphatic carbocycles. The Morgan fingerprint density at radius 2 is 1.24 bits per heavy atom. The molecule has 0 bridgehead atoms. The van der Waals surface area contributed by atoms with Gasteiger partial charge in [0.25, 0.3) is 0 Å². The molecule has 21 heavy (non-hydrogen) atoms. The van der Waals surface area contributed by atoms with Gasteiger partial charge in [-0.3, -0.25) is 0 Å². The summed E-state index contributed by atoms with van der Waals surface area (Å²) >= 11 is 0. The van der Waals surface area contributed by atoms with Gasteiger partial charge in [0.15, 0.2) is 0 Å². The van der Waals surface area contributed by atoms with Crippen molar-refractivity contribution in [2.24, 2.45) is 0 Å². The molecule has 0 unspecified atom stereocenters. The number of aromatic amines is 1. The molecule has 0 spiro atoms. The zero-order chi connectivity index (χ0) is 14.1. The second-order valence-electron chi connectivity index (χ2n) is 5.19. The second-order valence-corrected chi connectivity index (χ2v) is 5.19. The highest BCUT2D eigenvalue weighted by molar-refractivity contribution is 5.97. The molecule has 0 aliphatic rings. The Morgan fingerprint density at radius 1 is 0.571 bits per heavy atom. The molecule has 1 aromatic heterocycles. The zero-order valence-corrected chi connectivity index (χ0v) is 11.6. The zero-order valence-electron chi connectivity index (χ0n) is 11.6. The van der Waals surface area contributed by atoms with E-state index < -0.39 is 0 Å². The molecule has 1 heterocycles. The Balaban J connectivity index is 1.91. The molecule has 0 atom stereocenters. The van der Waals surface area contributed by atoms with Crippen LogP contribution in [0.15, 0.2) is 85.1 Å². The first-order chi connectivity index (χ1) is 10.4. The number of benzene rings is 3. The topological polar surface area (TPSA) is 15.8 Å². The van der Waals surface area contributed by atoms with E-state index in [1.807, 2.05) is 12.1 Å². The Labute approximate surface area is 123 Å². The number of hydrogen-bond donors (Lipinski definition) is 1. The van der Waals surface area contributed by atoms with E-state index in [1.165, 1.54) is 33.2 Å². The number of rotatable bonds is 2. The lowest BCUT2D eigenvalue weighted by molar-refractivity contribution is 1.47. The minimum atomic E-state index is 1.17. The fraction of sp³-hybridized carbons (Fsp3) is 0. The largest absolute Gasteiger partial charge is 0.361 e. The van der Waals surface area contributed by atoms with Gasteiger partial charge in [-0.05, 0) is 28.8 Å². The van der Waals surface area contributed by atoms with Crippen molar-refractivity contribution in [1.29, 1.82) is 0 Å². The van der Waals surface area contributed by atoms with Crippen molar-refractivity contribution in [3.05, 3.63) is 85.1 Å². The molecule has 0 amide bonds. The van der Waals surface area contributed by atoms with E-state index in [1.54, 1.807) is 0 Å². The van der Waals surface area contributed by atoms with E-state index in [2.05, 4.69) is 77.9 Å². The van der Waals surface area contributed by atoms with Gasteiger partial charge in [0.1, 0.15) is 0 Å². The highest BCUT2D eigenvalue weighted by Gasteiger charge is 2.07. The smallest absolute Gasteiger partial charge is 0.0460 e. The van der Waals surface area contributed by atoms with E-state index in [0.29, 0.717) is 0 Å². The van der Waals surface area contributed by atoms with Crippen molar-refractivity contribution in [3.8, 4) is 22.3 Å². The number of aromatic nitrogens is 1. The van der Waals surface area contributed by atoms with Gasteiger partial charge in [0.05, 0.1) is 0 Å². The quantitative estimate of drug-likeness (QED) is 0.494. The second kappa shape index (κ2) is 4.95. The maximum absolute atomic E-state index is 3.37. The molecule has 1 N–H and O–H groups in total. The molecule has 4 rings (SSSR count). The summed E-state index contributed by atoms with van der Waals surface area (Å²) in [5, 5.41) is 1.27. The summed E-state index contributed by atoms with van der Waals surface area (Å²) in [5.74, 6) is 0. The van der Waals surface area contributed by atoms with Crippen LogP contribution in [0.4, 0.5) is 0 Å². The third-order valence-corrected chi connectivity index (χ3v) is 3.87. The van der Waals surface area contributed by atoms with E-state index in [-0.39, 0.29) is 0 Å². The SMILES string of the molecule is c1ccc(-c2ccc3[nH]cc(-c4ccccc4)c3c2)cc1. The third kappa shape index (κ3) is 2.13. The summed E-state index contributed by atoms with van der Waals surface area (Å²) in [6, 6.07) is 27.6. The predicted octanol–water partition coefficient (Wildman–Crippen LogP) is 5.50. The summed E-state index contributed by atoms with van der Waals surface area (Å²) in [4.78, 5) is 3.37. The Kier molecular flexibility index (Phi) is 2.82. The van der Waals surface area contributed by atoms with Crippen LogP contribution in [0.1, 0.15) is 0 Å². The van der Waals surface area contributed by atoms with Gasteiger partial charge < -0.3 is 4.98 Å². The summed E-state index contributed by atoms with van der Waals surface area (Å²) in [7, 11) is 0. The van der Waals surface area contributed by atoms with Gasteiger partial charge in [0.2, 0.25) is 0 Å². The van der Waals surface area contributed by atoms with E-state index in [4.69, 9.17) is 0 Å². The molecular weight excluding hydrogens is 254 g/mol. The molecule has 4 aromatic rings. The average molecular weight is 269 g/mol. The van der Waals surface area contributed by atoms with Crippen molar-refractivity contribution >= 4 is 10.9 Å². The molecule has 0 aliphatic heterocycles. The fourth-order valence-corrected chi connectivity index (χ4v) is 2.79. The van der Waals surface area contributed by atoms with Crippen LogP contribution in [0, 0.1) is 0 Å². The van der Waals surface area contributed by atoms with Crippen LogP contribution in [0.5, 0.6) is 0 Å². The molecule has 0 radical (unpaired) electrons. The van der Waals surface area contributed by atoms with E-state index in [9.17, 15) is 0 Å². The van der Waals surface area contributed by atoms with Crippen LogP contribution < -0.4 is 0 Å². The Morgan fingerprint density at radius 3 is 1.95 bits per heavy atom. The summed E-state index contributed by atoms with van der Waals surface area (Å²) in [5.41, 5.74) is 6.17. The lowest BCUT2D eigenvalue weighted by Gasteiger charge is -2.04. The Bertz CT molecular complexity index is 874. The highest BCUT2D eigenvalue weighted by Crippen LogP contribution is 2.31. The lowest BCUT2D eigenvalue weighted by atomic mass is 10.00. The van der Waals surface area contributed by atoms with Crippen molar-refractivity contribution in [3.63, 3.8) is 0 Å². The minimum absolute atomic E-state index is 1.17. The van der Waals surface area contributed by atoms with Crippen LogP contribution in [0.25, 0.3) is 33.2 Å². The first-order valence-electron chi connectivity index (χ1n) is 7.14. The molecule has 1 nitrogen and oxygen atoms in total. The molecule has 0 saturated heterocycles. The van der Waals surface area contributed by atoms with Gasteiger partial charge in [-0.1, -0.05) is 66.7 Å². The maximum Gasteiger partial charge on any atom is 0.0460 e. The average Bonchev–Trinajstić information content (AvgIpc) is 2.99. The molecule has 1 heteroatoms. The molecule has 3 aromatic carbocycles.